The Balaban J connectivity index is 0.00000132. The van der Waals surface area contributed by atoms with Crippen molar-refractivity contribution in [2.75, 3.05) is 26.2 Å². The predicted molar refractivity (Wildman–Crippen MR) is 124 cm³/mol. The van der Waals surface area contributed by atoms with E-state index >= 15 is 0 Å². The number of nitrogens with one attached hydrogen (secondary N) is 1. The summed E-state index contributed by atoms with van der Waals surface area (Å²) >= 11 is 0. The molecule has 1 aliphatic carbocycles. The molecule has 0 spiro atoms. The molecule has 4 rings (SSSR count). The van der Waals surface area contributed by atoms with Crippen molar-refractivity contribution in [1.29, 1.82) is 0 Å². The quantitative estimate of drug-likeness (QED) is 0.714. The van der Waals surface area contributed by atoms with Gasteiger partial charge in [-0.2, -0.15) is 0 Å². The molecule has 168 valence electrons. The maximum absolute atomic E-state index is 12.2. The number of aliphatic hydroxyl groups excluding tert-OH is 1. The number of nitrogens with zero attached hydrogens (tertiary/aromatic N) is 1. The van der Waals surface area contributed by atoms with Crippen LogP contribution in [0.25, 0.3) is 0 Å². The molecule has 0 bridgehead atoms. The lowest BCUT2D eigenvalue weighted by atomic mass is 9.91. The summed E-state index contributed by atoms with van der Waals surface area (Å²) in [4.78, 5) is 14.4. The molecule has 0 saturated heterocycles. The first kappa shape index (κ1) is 23.3. The molecule has 0 fully saturated rings. The number of amides is 1. The van der Waals surface area contributed by atoms with Crippen LogP contribution < -0.4 is 10.1 Å². The molecular formula is C26H36N2O3. The lowest BCUT2D eigenvalue weighted by Gasteiger charge is -2.30. The number of aliphatic hydroxyl groups is 1. The fourth-order valence-electron chi connectivity index (χ4n) is 4.38. The smallest absolute Gasteiger partial charge is 0.258 e. The number of aryl methyl sites for hydroxylation is 1. The van der Waals surface area contributed by atoms with E-state index in [2.05, 4.69) is 40.5 Å². The van der Waals surface area contributed by atoms with Gasteiger partial charge in [0.25, 0.3) is 5.91 Å². The summed E-state index contributed by atoms with van der Waals surface area (Å²) in [5.41, 5.74) is 5.31. The Labute approximate surface area is 186 Å². The van der Waals surface area contributed by atoms with Gasteiger partial charge in [0, 0.05) is 26.2 Å². The number of β-amino-alcohol motifs (C(OH)–C–C–N with tert-alkyl or cyclic N) is 1. The normalized spacial score (nSPS) is 16.2. The van der Waals surface area contributed by atoms with Crippen LogP contribution in [0.1, 0.15) is 48.9 Å². The number of hydrogen-bond acceptors (Lipinski definition) is 4. The van der Waals surface area contributed by atoms with Crippen LogP contribution in [0.2, 0.25) is 0 Å². The van der Waals surface area contributed by atoms with E-state index in [-0.39, 0.29) is 19.1 Å². The number of fused-ring (bicyclic) bond motifs is 2. The SMILES string of the molecule is CC.O=C(COc1cccc2c1CCCC2)NCC(O)CN1CCc2ccccc2C1. The third-order valence-corrected chi connectivity index (χ3v) is 5.93. The maximum Gasteiger partial charge on any atom is 0.258 e. The van der Waals surface area contributed by atoms with Crippen molar-refractivity contribution < 1.29 is 14.6 Å². The molecule has 2 aliphatic rings. The molecule has 31 heavy (non-hydrogen) atoms. The van der Waals surface area contributed by atoms with Crippen LogP contribution in [0.4, 0.5) is 0 Å². The van der Waals surface area contributed by atoms with E-state index in [0.29, 0.717) is 6.54 Å². The molecule has 1 atom stereocenters. The number of carbonyl (C=O) groups is 1. The van der Waals surface area contributed by atoms with E-state index in [1.807, 2.05) is 26.0 Å². The van der Waals surface area contributed by atoms with E-state index in [1.54, 1.807) is 0 Å². The second-order valence-electron chi connectivity index (χ2n) is 8.10. The third-order valence-electron chi connectivity index (χ3n) is 5.93. The molecule has 1 heterocycles. The summed E-state index contributed by atoms with van der Waals surface area (Å²) in [5, 5.41) is 13.1. The van der Waals surface area contributed by atoms with Crippen LogP contribution in [0.15, 0.2) is 42.5 Å². The molecule has 0 aromatic heterocycles. The Bertz CT molecular complexity index is 852. The predicted octanol–water partition coefficient (Wildman–Crippen LogP) is 3.51. The van der Waals surface area contributed by atoms with Gasteiger partial charge < -0.3 is 15.2 Å². The largest absolute Gasteiger partial charge is 0.483 e. The van der Waals surface area contributed by atoms with Gasteiger partial charge in [-0.1, -0.05) is 50.2 Å². The minimum absolute atomic E-state index is 0.0136. The number of carbonyl (C=O) groups excluding carboxylic acids is 1. The molecule has 2 aromatic carbocycles. The molecular weight excluding hydrogens is 388 g/mol. The van der Waals surface area contributed by atoms with Gasteiger partial charge in [-0.15, -0.1) is 0 Å². The van der Waals surface area contributed by atoms with Crippen LogP contribution in [0, 0.1) is 0 Å². The summed E-state index contributed by atoms with van der Waals surface area (Å²) < 4.78 is 5.78. The van der Waals surface area contributed by atoms with Crippen LogP contribution in [-0.2, 0) is 30.6 Å². The molecule has 5 nitrogen and oxygen atoms in total. The van der Waals surface area contributed by atoms with E-state index in [0.717, 1.165) is 38.1 Å². The molecule has 1 aliphatic heterocycles. The minimum Gasteiger partial charge on any atom is -0.483 e. The number of rotatable bonds is 7. The van der Waals surface area contributed by atoms with Crippen molar-refractivity contribution in [3.05, 3.63) is 64.7 Å². The standard InChI is InChI=1S/C24H30N2O3.C2H6/c27-21(16-26-13-12-18-6-1-2-8-20(18)15-26)14-25-24(28)17-29-23-11-5-9-19-7-3-4-10-22(19)23;1-2/h1-2,5-6,8-9,11,21,27H,3-4,7,10,12-17H2,(H,25,28);1-2H3. The van der Waals surface area contributed by atoms with E-state index in [1.165, 1.54) is 35.1 Å². The molecule has 0 radical (unpaired) electrons. The van der Waals surface area contributed by atoms with Crippen molar-refractivity contribution in [3.63, 3.8) is 0 Å². The van der Waals surface area contributed by atoms with Crippen molar-refractivity contribution in [3.8, 4) is 5.75 Å². The average molecular weight is 425 g/mol. The zero-order chi connectivity index (χ0) is 22.1. The first-order valence-electron chi connectivity index (χ1n) is 11.7. The van der Waals surface area contributed by atoms with Crippen molar-refractivity contribution in [2.24, 2.45) is 0 Å². The van der Waals surface area contributed by atoms with Crippen molar-refractivity contribution in [1.82, 2.24) is 10.2 Å². The molecule has 1 amide bonds. The second-order valence-corrected chi connectivity index (χ2v) is 8.10. The van der Waals surface area contributed by atoms with Crippen molar-refractivity contribution in [2.45, 2.75) is 58.6 Å². The topological polar surface area (TPSA) is 61.8 Å². The summed E-state index contributed by atoms with van der Waals surface area (Å²) in [6.07, 6.45) is 4.92. The van der Waals surface area contributed by atoms with Gasteiger partial charge in [0.05, 0.1) is 6.10 Å². The van der Waals surface area contributed by atoms with Gasteiger partial charge in [0.1, 0.15) is 5.75 Å². The van der Waals surface area contributed by atoms with Gasteiger partial charge in [0.2, 0.25) is 0 Å². The highest BCUT2D eigenvalue weighted by atomic mass is 16.5. The lowest BCUT2D eigenvalue weighted by Crippen LogP contribution is -2.42. The first-order valence-corrected chi connectivity index (χ1v) is 11.7. The lowest BCUT2D eigenvalue weighted by molar-refractivity contribution is -0.123. The number of hydrogen-bond donors (Lipinski definition) is 2. The number of benzene rings is 2. The van der Waals surface area contributed by atoms with Gasteiger partial charge in [-0.05, 0) is 60.4 Å². The highest BCUT2D eigenvalue weighted by Gasteiger charge is 2.19. The number of ether oxygens (including phenoxy) is 1. The van der Waals surface area contributed by atoms with E-state index < -0.39 is 6.10 Å². The van der Waals surface area contributed by atoms with Gasteiger partial charge in [0.15, 0.2) is 6.61 Å². The highest BCUT2D eigenvalue weighted by molar-refractivity contribution is 5.77. The Morgan fingerprint density at radius 1 is 1.03 bits per heavy atom. The average Bonchev–Trinajstić information content (AvgIpc) is 2.82. The monoisotopic (exact) mass is 424 g/mol. The van der Waals surface area contributed by atoms with Gasteiger partial charge in [-0.3, -0.25) is 9.69 Å². The van der Waals surface area contributed by atoms with Crippen molar-refractivity contribution >= 4 is 5.91 Å². The third kappa shape index (κ3) is 6.55. The molecule has 1 unspecified atom stereocenters. The highest BCUT2D eigenvalue weighted by Crippen LogP contribution is 2.29. The summed E-state index contributed by atoms with van der Waals surface area (Å²) in [6.45, 7) is 6.57. The van der Waals surface area contributed by atoms with Crippen LogP contribution in [0.3, 0.4) is 0 Å². The molecule has 5 heteroatoms. The molecule has 0 saturated carbocycles. The summed E-state index contributed by atoms with van der Waals surface area (Å²) in [6, 6.07) is 14.5. The molecule has 2 aromatic rings. The zero-order valence-electron chi connectivity index (χ0n) is 18.9. The Kier molecular flexibility index (Phi) is 8.92. The fraction of sp³-hybridized carbons (Fsp3) is 0.500. The van der Waals surface area contributed by atoms with Crippen LogP contribution in [-0.4, -0.2) is 48.3 Å². The maximum atomic E-state index is 12.2. The van der Waals surface area contributed by atoms with Crippen LogP contribution >= 0.6 is 0 Å². The Morgan fingerprint density at radius 3 is 2.61 bits per heavy atom. The van der Waals surface area contributed by atoms with E-state index in [9.17, 15) is 9.90 Å². The Hall–Kier alpha value is -2.37. The summed E-state index contributed by atoms with van der Waals surface area (Å²) in [5.74, 6) is 0.631. The van der Waals surface area contributed by atoms with Gasteiger partial charge in [-0.25, -0.2) is 0 Å². The zero-order valence-corrected chi connectivity index (χ0v) is 18.9. The fourth-order valence-corrected chi connectivity index (χ4v) is 4.38. The first-order chi connectivity index (χ1) is 15.2. The van der Waals surface area contributed by atoms with E-state index in [4.69, 9.17) is 4.74 Å². The summed E-state index contributed by atoms with van der Waals surface area (Å²) in [7, 11) is 0. The molecule has 2 N–H and O–H groups in total. The minimum atomic E-state index is -0.589. The van der Waals surface area contributed by atoms with Gasteiger partial charge >= 0.3 is 0 Å². The Morgan fingerprint density at radius 2 is 1.77 bits per heavy atom. The van der Waals surface area contributed by atoms with Crippen LogP contribution in [0.5, 0.6) is 5.75 Å². The second kappa shape index (κ2) is 11.9.